The normalized spacial score (nSPS) is 17.8. The van der Waals surface area contributed by atoms with Gasteiger partial charge in [-0.1, -0.05) is 95.1 Å². The molecular weight excluding hydrogens is 1760 g/mol. The molecule has 1 N–H and O–H groups in total. The number of hydrogen-bond acceptors (Lipinski definition) is 22. The predicted molar refractivity (Wildman–Crippen MR) is 479 cm³/mol. The van der Waals surface area contributed by atoms with Crippen LogP contribution in [0.5, 0.6) is 17.5 Å². The van der Waals surface area contributed by atoms with Crippen LogP contribution in [0.2, 0.25) is 0 Å². The lowest BCUT2D eigenvalue weighted by molar-refractivity contribution is -0.274. The van der Waals surface area contributed by atoms with Crippen LogP contribution in [-0.2, 0) is 46.6 Å². The fraction of sp³-hybridized carbons (Fsp3) is 0.303. The van der Waals surface area contributed by atoms with Crippen molar-refractivity contribution in [3.05, 3.63) is 285 Å². The van der Waals surface area contributed by atoms with Gasteiger partial charge in [-0.05, 0) is 168 Å². The first-order valence-electron chi connectivity index (χ1n) is 43.1. The molecule has 12 heterocycles. The first-order valence-corrected chi connectivity index (χ1v) is 43.1. The molecule has 0 bridgehead atoms. The third kappa shape index (κ3) is 20.3. The van der Waals surface area contributed by atoms with Crippen molar-refractivity contribution in [1.82, 2.24) is 69.1 Å². The van der Waals surface area contributed by atoms with Crippen molar-refractivity contribution < 1.29 is 91.8 Å². The highest BCUT2D eigenvalue weighted by Crippen LogP contribution is 2.46. The van der Waals surface area contributed by atoms with Crippen LogP contribution in [0.3, 0.4) is 0 Å². The van der Waals surface area contributed by atoms with Gasteiger partial charge in [0, 0.05) is 111 Å². The molecule has 0 aliphatic carbocycles. The number of imidazole rings is 1. The largest absolute Gasteiger partial charge is 0.573 e. The predicted octanol–water partition coefficient (Wildman–Crippen LogP) is 20.2. The Morgan fingerprint density at radius 3 is 1.25 bits per heavy atom. The Bertz CT molecular complexity index is 6640. The topological polar surface area (TPSA) is 277 Å². The summed E-state index contributed by atoms with van der Waals surface area (Å²) in [5, 5.41) is 10.3. The molecule has 698 valence electrons. The summed E-state index contributed by atoms with van der Waals surface area (Å²) in [5.41, 5.74) is 17.6. The second-order valence-corrected chi connectivity index (χ2v) is 33.9. The number of carbonyl (C=O) groups is 3. The third-order valence-electron chi connectivity index (χ3n) is 24.2. The number of ether oxygens (including phenoxy) is 6. The van der Waals surface area contributed by atoms with Crippen molar-refractivity contribution in [2.75, 3.05) is 50.2 Å². The summed E-state index contributed by atoms with van der Waals surface area (Å²) in [4.78, 5) is 93.1. The molecule has 0 unspecified atom stereocenters. The zero-order valence-electron chi connectivity index (χ0n) is 75.2. The molecular formula is C99H92F10N16O10. The van der Waals surface area contributed by atoms with E-state index < -0.39 is 103 Å². The summed E-state index contributed by atoms with van der Waals surface area (Å²) in [5.74, 6) is -0.358. The Morgan fingerprint density at radius 2 is 0.844 bits per heavy atom. The monoisotopic (exact) mass is 1850 g/mol. The van der Waals surface area contributed by atoms with Crippen molar-refractivity contribution in [3.63, 3.8) is 0 Å². The molecule has 5 aliphatic heterocycles. The highest BCUT2D eigenvalue weighted by atomic mass is 19.4. The summed E-state index contributed by atoms with van der Waals surface area (Å²) < 4.78 is 169. The minimum absolute atomic E-state index is 0.0109. The van der Waals surface area contributed by atoms with Crippen LogP contribution in [0, 0.1) is 60.1 Å². The number of aryl methyl sites for hydroxylation is 7. The Balaban J connectivity index is 0.000000147. The van der Waals surface area contributed by atoms with Crippen molar-refractivity contribution in [1.29, 1.82) is 0 Å². The Morgan fingerprint density at radius 1 is 0.430 bits per heavy atom. The van der Waals surface area contributed by atoms with Gasteiger partial charge < -0.3 is 43.3 Å². The van der Waals surface area contributed by atoms with Gasteiger partial charge >= 0.3 is 30.8 Å². The first kappa shape index (κ1) is 93.5. The van der Waals surface area contributed by atoms with Gasteiger partial charge in [-0.3, -0.25) is 24.3 Å². The van der Waals surface area contributed by atoms with Gasteiger partial charge in [0.15, 0.2) is 0 Å². The number of rotatable bonds is 22. The summed E-state index contributed by atoms with van der Waals surface area (Å²) in [6.45, 7) is 19.1. The fourth-order valence-electron chi connectivity index (χ4n) is 17.3. The standard InChI is InChI=1S/C34H31F3N6O3.C33H31F4N5O4.C32H30F3N5O3/c1-19-5-6-26(21(3)9-19)24-13-27(30(17-44)39-14-24)28-15-40-32(42-8-7-38-18-42)41-29(28)16-43-22(4)31(46-33(43)45)23-10-20(2)11-25(12-23)34(35,36)37;1-18-8-9-25(19(2)10-18)22-12-26(30(44-4)38-13-22)27-14-39-31(41-15-23(34)16-41)40-28(27)17-42-20(3)29(45-32(42)43)21-6-5-7-24(11-21)46-33(35,36)37;1-17-5-6-25(18(2)7-17)21-10-26(30(42-4)36-12-21)27-13-37-31(39-14-24(35)15-39)38-28(27)16-40-19(3)29(43-32(40)41)20-8-22(33)11-23(34)9-20/h5-15,18,22,31,44H,16-17H2,1-4H3;5-14,20,23,29H,15-17H2,1-4H3;5-13,19,24,29H,14-16H2,1-4H3/t22-,31-;20-,29-;19-,29-/m000/s1. The zero-order valence-corrected chi connectivity index (χ0v) is 75.2. The van der Waals surface area contributed by atoms with Crippen molar-refractivity contribution in [3.8, 4) is 90.2 Å². The molecule has 0 saturated carbocycles. The van der Waals surface area contributed by atoms with E-state index in [0.717, 1.165) is 97.1 Å². The molecule has 18 rings (SSSR count). The Hall–Kier alpha value is -14.7. The number of carbonyl (C=O) groups excluding carboxylic acids is 3. The number of benzene rings is 6. The number of anilines is 2. The minimum Gasteiger partial charge on any atom is -0.481 e. The summed E-state index contributed by atoms with van der Waals surface area (Å²) >= 11 is 0. The number of aliphatic hydroxyl groups excluding tert-OH is 1. The van der Waals surface area contributed by atoms with E-state index in [1.54, 1.807) is 110 Å². The Labute approximate surface area is 769 Å². The number of aliphatic hydroxyl groups is 1. The van der Waals surface area contributed by atoms with Crippen molar-refractivity contribution >= 4 is 30.2 Å². The van der Waals surface area contributed by atoms with Crippen LogP contribution in [0.4, 0.5) is 70.2 Å². The molecule has 135 heavy (non-hydrogen) atoms. The molecule has 7 aromatic heterocycles. The molecule has 0 radical (unpaired) electrons. The molecule has 5 saturated heterocycles. The highest BCUT2D eigenvalue weighted by Gasteiger charge is 2.46. The zero-order chi connectivity index (χ0) is 95.9. The van der Waals surface area contributed by atoms with E-state index in [9.17, 15) is 63.4 Å². The molecule has 6 atom stereocenters. The fourth-order valence-corrected chi connectivity index (χ4v) is 17.3. The molecule has 6 aromatic carbocycles. The van der Waals surface area contributed by atoms with E-state index >= 15 is 0 Å². The molecule has 5 aliphatic rings. The van der Waals surface area contributed by atoms with Crippen molar-refractivity contribution in [2.45, 2.75) is 157 Å². The second-order valence-electron chi connectivity index (χ2n) is 33.9. The van der Waals surface area contributed by atoms with Gasteiger partial charge in [0.1, 0.15) is 54.4 Å². The van der Waals surface area contributed by atoms with Gasteiger partial charge in [0.05, 0.1) is 113 Å². The van der Waals surface area contributed by atoms with Gasteiger partial charge in [0.2, 0.25) is 29.6 Å². The summed E-state index contributed by atoms with van der Waals surface area (Å²) in [6, 6.07) is 34.5. The van der Waals surface area contributed by atoms with Gasteiger partial charge in [-0.2, -0.15) is 13.2 Å². The van der Waals surface area contributed by atoms with Crippen LogP contribution in [-0.4, -0.2) is 170 Å². The minimum atomic E-state index is -4.87. The lowest BCUT2D eigenvalue weighted by atomic mass is 9.95. The highest BCUT2D eigenvalue weighted by molar-refractivity contribution is 5.82. The average Bonchev–Trinajstić information content (AvgIpc) is 1.75. The maximum Gasteiger partial charge on any atom is 0.573 e. The summed E-state index contributed by atoms with van der Waals surface area (Å²) in [6.07, 6.45) is -1.29. The molecule has 0 spiro atoms. The second kappa shape index (κ2) is 38.5. The van der Waals surface area contributed by atoms with Gasteiger partial charge in [0.25, 0.3) is 0 Å². The first-order chi connectivity index (χ1) is 64.4. The maximum atomic E-state index is 14.0. The number of halogens is 10. The number of aromatic nitrogens is 11. The number of amides is 3. The SMILES string of the molecule is COc1ncc(-c2ccc(C)cc2C)cc1-c1cnc(N2CC(F)C2)nc1CN1C(=O)O[C@H](c2cc(F)cc(F)c2)[C@@H]1C.COc1ncc(-c2ccc(C)cc2C)cc1-c1cnc(N2CC(F)C2)nc1CN1C(=O)O[C@H](c2cccc(OC(F)(F)F)c2)[C@@H]1C.Cc1cc([C@H]2OC(=O)N(Cc3nc(-n4ccnc4)ncc3-c3cc(-c4ccc(C)cc4C)cnc3CO)[C@H]2C)cc(C(F)(F)F)c1. The lowest BCUT2D eigenvalue weighted by Crippen LogP contribution is -2.49. The van der Waals surface area contributed by atoms with E-state index in [1.807, 2.05) is 96.1 Å². The Kier molecular flexibility index (Phi) is 26.7. The van der Waals surface area contributed by atoms with Gasteiger partial charge in [-0.25, -0.2) is 76.8 Å². The molecule has 5 fully saturated rings. The number of nitrogens with zero attached hydrogens (tertiary/aromatic N) is 16. The smallest absolute Gasteiger partial charge is 0.481 e. The van der Waals surface area contributed by atoms with Crippen molar-refractivity contribution in [2.24, 2.45) is 0 Å². The molecule has 13 aromatic rings. The number of methoxy groups -OCH3 is 2. The van der Waals surface area contributed by atoms with E-state index in [0.29, 0.717) is 96.9 Å². The van der Waals surface area contributed by atoms with Crippen LogP contribution in [0.15, 0.2) is 189 Å². The molecule has 26 nitrogen and oxygen atoms in total. The molecule has 36 heteroatoms. The number of pyridine rings is 3. The number of alkyl halides is 8. The number of hydrogen-bond donors (Lipinski definition) is 1. The van der Waals surface area contributed by atoms with Crippen LogP contribution in [0.25, 0.3) is 72.7 Å². The van der Waals surface area contributed by atoms with Crippen LogP contribution >= 0.6 is 0 Å². The van der Waals surface area contributed by atoms with E-state index in [4.69, 9.17) is 38.6 Å². The average molecular weight is 1860 g/mol. The lowest BCUT2D eigenvalue weighted by Gasteiger charge is -2.34. The maximum absolute atomic E-state index is 14.0. The quantitative estimate of drug-likeness (QED) is 0.0487. The van der Waals surface area contributed by atoms with E-state index in [2.05, 4.69) is 57.8 Å². The van der Waals surface area contributed by atoms with Crippen LogP contribution in [0.1, 0.15) is 123 Å². The van der Waals surface area contributed by atoms with Gasteiger partial charge in [-0.15, -0.1) is 13.2 Å². The van der Waals surface area contributed by atoms with Crippen LogP contribution < -0.4 is 24.0 Å². The van der Waals surface area contributed by atoms with E-state index in [-0.39, 0.29) is 63.5 Å². The molecule has 3 amide bonds. The summed E-state index contributed by atoms with van der Waals surface area (Å²) in [7, 11) is 3.02. The van der Waals surface area contributed by atoms with E-state index in [1.165, 1.54) is 47.1 Å². The third-order valence-corrected chi connectivity index (χ3v) is 24.2. The number of cyclic esters (lactones) is 3.